The van der Waals surface area contributed by atoms with Crippen LogP contribution in [0, 0.1) is 6.92 Å². The largest absolute Gasteiger partial charge is 0.464 e. The van der Waals surface area contributed by atoms with Gasteiger partial charge in [0, 0.05) is 31.6 Å². The Morgan fingerprint density at radius 1 is 1.03 bits per heavy atom. The maximum Gasteiger partial charge on any atom is 0.257 e. The van der Waals surface area contributed by atoms with Gasteiger partial charge in [-0.3, -0.25) is 4.79 Å². The van der Waals surface area contributed by atoms with Crippen LogP contribution >= 0.6 is 0 Å². The molecule has 2 N–H and O–H groups in total. The molecule has 2 aliphatic rings. The summed E-state index contributed by atoms with van der Waals surface area (Å²) < 4.78 is 5.82. The number of rotatable bonds is 6. The van der Waals surface area contributed by atoms with Gasteiger partial charge in [-0.2, -0.15) is 0 Å². The molecule has 5 nitrogen and oxygen atoms in total. The molecular weight excluding hydrogens is 422 g/mol. The van der Waals surface area contributed by atoms with E-state index in [9.17, 15) is 4.79 Å². The monoisotopic (exact) mass is 457 g/mol. The summed E-state index contributed by atoms with van der Waals surface area (Å²) in [6, 6.07) is 23.2. The van der Waals surface area contributed by atoms with Crippen LogP contribution in [0.2, 0.25) is 0 Å². The smallest absolute Gasteiger partial charge is 0.257 e. The number of amides is 1. The highest BCUT2D eigenvalue weighted by Crippen LogP contribution is 2.36. The highest BCUT2D eigenvalue weighted by Gasteiger charge is 2.39. The fourth-order valence-electron chi connectivity index (χ4n) is 5.70. The molecule has 5 heteroatoms. The molecule has 2 unspecified atom stereocenters. The van der Waals surface area contributed by atoms with E-state index in [1.54, 1.807) is 0 Å². The molecule has 2 saturated heterocycles. The van der Waals surface area contributed by atoms with Crippen molar-refractivity contribution >= 4 is 5.91 Å². The zero-order valence-corrected chi connectivity index (χ0v) is 20.2. The molecule has 4 atom stereocenters. The minimum absolute atomic E-state index is 0.0652. The lowest BCUT2D eigenvalue weighted by Crippen LogP contribution is -2.42. The van der Waals surface area contributed by atoms with E-state index in [0.29, 0.717) is 28.9 Å². The molecule has 5 rings (SSSR count). The van der Waals surface area contributed by atoms with Crippen molar-refractivity contribution in [2.75, 3.05) is 26.2 Å². The Bertz CT molecular complexity index is 1110. The highest BCUT2D eigenvalue weighted by molar-refractivity contribution is 5.95. The summed E-state index contributed by atoms with van der Waals surface area (Å²) in [5.74, 6) is 2.31. The van der Waals surface area contributed by atoms with Crippen LogP contribution in [0.5, 0.6) is 0 Å². The van der Waals surface area contributed by atoms with Crippen LogP contribution < -0.4 is 5.73 Å². The average Bonchev–Trinajstić information content (AvgIpc) is 3.59. The zero-order valence-electron chi connectivity index (χ0n) is 20.2. The van der Waals surface area contributed by atoms with Crippen molar-refractivity contribution in [1.29, 1.82) is 0 Å². The molecule has 2 fully saturated rings. The predicted molar refractivity (Wildman–Crippen MR) is 135 cm³/mol. The maximum absolute atomic E-state index is 13.8. The van der Waals surface area contributed by atoms with E-state index in [4.69, 9.17) is 10.2 Å². The van der Waals surface area contributed by atoms with Crippen LogP contribution in [0.15, 0.2) is 71.1 Å². The summed E-state index contributed by atoms with van der Waals surface area (Å²) in [5.41, 5.74) is 9.40. The van der Waals surface area contributed by atoms with E-state index in [1.165, 1.54) is 17.5 Å². The van der Waals surface area contributed by atoms with Gasteiger partial charge in [-0.25, -0.2) is 0 Å². The number of aryl methyl sites for hydroxylation is 1. The van der Waals surface area contributed by atoms with Gasteiger partial charge in [0.2, 0.25) is 0 Å². The summed E-state index contributed by atoms with van der Waals surface area (Å²) in [6.07, 6.45) is 2.16. The summed E-state index contributed by atoms with van der Waals surface area (Å²) in [7, 11) is 0. The number of benzene rings is 2. The van der Waals surface area contributed by atoms with Crippen molar-refractivity contribution in [2.45, 2.75) is 50.6 Å². The van der Waals surface area contributed by atoms with Gasteiger partial charge in [-0.05, 0) is 56.3 Å². The van der Waals surface area contributed by atoms with Gasteiger partial charge in [0.25, 0.3) is 5.91 Å². The highest BCUT2D eigenvalue weighted by atomic mass is 16.3. The number of hydrogen-bond donors (Lipinski definition) is 1. The fourth-order valence-corrected chi connectivity index (χ4v) is 5.70. The van der Waals surface area contributed by atoms with Gasteiger partial charge in [0.15, 0.2) is 0 Å². The number of likely N-dealkylation sites (tertiary alicyclic amines) is 2. The first-order valence-corrected chi connectivity index (χ1v) is 12.5. The Morgan fingerprint density at radius 2 is 1.68 bits per heavy atom. The number of nitrogens with two attached hydrogens (primary N) is 1. The molecule has 0 spiro atoms. The van der Waals surface area contributed by atoms with Gasteiger partial charge in [0.1, 0.15) is 11.5 Å². The van der Waals surface area contributed by atoms with Crippen molar-refractivity contribution in [1.82, 2.24) is 9.80 Å². The second kappa shape index (κ2) is 9.77. The van der Waals surface area contributed by atoms with Crippen LogP contribution in [0.1, 0.15) is 70.6 Å². The molecule has 2 aromatic carbocycles. The average molecular weight is 458 g/mol. The number of carbonyl (C=O) groups is 1. The third-order valence-electron chi connectivity index (χ3n) is 7.57. The Balaban J connectivity index is 1.35. The normalized spacial score (nSPS) is 24.0. The van der Waals surface area contributed by atoms with Crippen LogP contribution in [0.25, 0.3) is 0 Å². The van der Waals surface area contributed by atoms with Gasteiger partial charge >= 0.3 is 0 Å². The van der Waals surface area contributed by atoms with Crippen molar-refractivity contribution in [3.8, 4) is 0 Å². The zero-order chi connectivity index (χ0) is 23.7. The third-order valence-corrected chi connectivity index (χ3v) is 7.57. The molecular formula is C29H35N3O2. The lowest BCUT2D eigenvalue weighted by atomic mass is 9.96. The van der Waals surface area contributed by atoms with E-state index in [1.807, 2.05) is 19.9 Å². The van der Waals surface area contributed by atoms with Crippen molar-refractivity contribution < 1.29 is 9.21 Å². The minimum atomic E-state index is -0.230. The molecule has 3 aromatic rings. The molecule has 0 saturated carbocycles. The molecule has 34 heavy (non-hydrogen) atoms. The topological polar surface area (TPSA) is 62.7 Å². The first-order chi connectivity index (χ1) is 16.5. The van der Waals surface area contributed by atoms with E-state index in [0.717, 1.165) is 32.6 Å². The molecule has 1 aromatic heterocycles. The minimum Gasteiger partial charge on any atom is -0.464 e. The second-order valence-electron chi connectivity index (χ2n) is 10.0. The van der Waals surface area contributed by atoms with Gasteiger partial charge in [0.05, 0.1) is 11.6 Å². The first-order valence-electron chi connectivity index (χ1n) is 12.5. The van der Waals surface area contributed by atoms with Gasteiger partial charge < -0.3 is 20.0 Å². The van der Waals surface area contributed by atoms with E-state index in [-0.39, 0.29) is 18.0 Å². The van der Waals surface area contributed by atoms with Crippen LogP contribution in [0.3, 0.4) is 0 Å². The summed E-state index contributed by atoms with van der Waals surface area (Å²) in [6.45, 7) is 7.53. The summed E-state index contributed by atoms with van der Waals surface area (Å²) in [4.78, 5) is 18.4. The van der Waals surface area contributed by atoms with Crippen molar-refractivity contribution in [3.63, 3.8) is 0 Å². The Labute approximate surface area is 202 Å². The molecule has 1 amide bonds. The van der Waals surface area contributed by atoms with Crippen LogP contribution in [-0.2, 0) is 0 Å². The van der Waals surface area contributed by atoms with E-state index in [2.05, 4.69) is 70.5 Å². The van der Waals surface area contributed by atoms with Crippen LogP contribution in [0.4, 0.5) is 0 Å². The molecule has 0 aliphatic carbocycles. The van der Waals surface area contributed by atoms with E-state index < -0.39 is 0 Å². The van der Waals surface area contributed by atoms with Gasteiger partial charge in [-0.15, -0.1) is 0 Å². The SMILES string of the molecule is Cc1oc(C(C)N)cc1C(=O)N1C[C@@H](c2ccccc2)C[C@H]1CN1CCC(c2ccccc2)C1. The number of nitrogens with zero attached hydrogens (tertiary/aromatic N) is 2. The fraction of sp³-hybridized carbons (Fsp3) is 0.414. The molecule has 3 heterocycles. The van der Waals surface area contributed by atoms with Gasteiger partial charge in [-0.1, -0.05) is 60.7 Å². The van der Waals surface area contributed by atoms with E-state index >= 15 is 0 Å². The first kappa shape index (κ1) is 22.9. The molecule has 178 valence electrons. The number of furan rings is 1. The molecule has 0 radical (unpaired) electrons. The quantitative estimate of drug-likeness (QED) is 0.560. The predicted octanol–water partition coefficient (Wildman–Crippen LogP) is 5.10. The number of carbonyl (C=O) groups excluding carboxylic acids is 1. The lowest BCUT2D eigenvalue weighted by Gasteiger charge is -2.28. The summed E-state index contributed by atoms with van der Waals surface area (Å²) in [5, 5.41) is 0. The second-order valence-corrected chi connectivity index (χ2v) is 10.0. The van der Waals surface area contributed by atoms with Crippen molar-refractivity contribution in [3.05, 3.63) is 94.9 Å². The standard InChI is InChI=1S/C29H35N3O2/c1-20(30)28-16-27(21(2)34-28)29(33)32-18-25(23-11-7-4-8-12-23)15-26(32)19-31-14-13-24(17-31)22-9-5-3-6-10-22/h3-12,16,20,24-26H,13-15,17-19,30H2,1-2H3/t20?,24?,25-,26-/m0/s1. The Morgan fingerprint density at radius 3 is 2.29 bits per heavy atom. The molecule has 2 aliphatic heterocycles. The van der Waals surface area contributed by atoms with Crippen LogP contribution in [-0.4, -0.2) is 47.9 Å². The maximum atomic E-state index is 13.8. The third kappa shape index (κ3) is 4.68. The lowest BCUT2D eigenvalue weighted by molar-refractivity contribution is 0.0705. The Hall–Kier alpha value is -2.89. The number of hydrogen-bond acceptors (Lipinski definition) is 4. The molecule has 0 bridgehead atoms. The Kier molecular flexibility index (Phi) is 6.57. The summed E-state index contributed by atoms with van der Waals surface area (Å²) >= 11 is 0. The van der Waals surface area contributed by atoms with Crippen molar-refractivity contribution in [2.24, 2.45) is 5.73 Å².